The third-order valence-electron chi connectivity index (χ3n) is 1.69. The van der Waals surface area contributed by atoms with Crippen LogP contribution in [0.5, 0.6) is 0 Å². The maximum absolute atomic E-state index is 8.51. The summed E-state index contributed by atoms with van der Waals surface area (Å²) in [5, 5.41) is 15.4. The molecule has 0 saturated heterocycles. The Kier molecular flexibility index (Phi) is 5.12. The number of aliphatic hydroxyl groups is 1. The molecule has 0 saturated carbocycles. The molecule has 0 atom stereocenters. The van der Waals surface area contributed by atoms with E-state index in [1.165, 1.54) is 6.39 Å². The largest absolute Gasteiger partial charge is 0.396 e. The zero-order chi connectivity index (χ0) is 9.36. The molecule has 5 nitrogen and oxygen atoms in total. The van der Waals surface area contributed by atoms with Crippen LogP contribution in [-0.2, 0) is 6.42 Å². The Morgan fingerprint density at radius 1 is 1.38 bits per heavy atom. The first-order valence-corrected chi connectivity index (χ1v) is 4.50. The highest BCUT2D eigenvalue weighted by molar-refractivity contribution is 4.78. The van der Waals surface area contributed by atoms with E-state index in [1.54, 1.807) is 0 Å². The van der Waals surface area contributed by atoms with Crippen molar-refractivity contribution in [3.05, 3.63) is 12.2 Å². The second kappa shape index (κ2) is 6.56. The first-order chi connectivity index (χ1) is 6.43. The fourth-order valence-electron chi connectivity index (χ4n) is 0.990. The predicted molar refractivity (Wildman–Crippen MR) is 47.2 cm³/mol. The van der Waals surface area contributed by atoms with E-state index in [1.807, 2.05) is 0 Å². The number of nitrogens with zero attached hydrogens (tertiary/aromatic N) is 2. The second-order valence-corrected chi connectivity index (χ2v) is 2.78. The van der Waals surface area contributed by atoms with Gasteiger partial charge in [-0.1, -0.05) is 5.16 Å². The average molecular weight is 185 g/mol. The molecule has 0 unspecified atom stereocenters. The molecule has 0 aromatic carbocycles. The molecule has 0 radical (unpaired) electrons. The van der Waals surface area contributed by atoms with E-state index in [0.29, 0.717) is 0 Å². The summed E-state index contributed by atoms with van der Waals surface area (Å²) >= 11 is 0. The van der Waals surface area contributed by atoms with Gasteiger partial charge in [0.15, 0.2) is 5.82 Å². The molecule has 0 amide bonds. The molecule has 74 valence electrons. The topological polar surface area (TPSA) is 71.2 Å². The maximum Gasteiger partial charge on any atom is 0.213 e. The summed E-state index contributed by atoms with van der Waals surface area (Å²) in [6.07, 6.45) is 3.98. The second-order valence-electron chi connectivity index (χ2n) is 2.78. The van der Waals surface area contributed by atoms with Gasteiger partial charge in [0.05, 0.1) is 0 Å². The first kappa shape index (κ1) is 10.1. The molecule has 0 aliphatic heterocycles. The molecule has 1 heterocycles. The summed E-state index contributed by atoms with van der Waals surface area (Å²) in [6.45, 7) is 2.05. The van der Waals surface area contributed by atoms with Crippen LogP contribution in [0.25, 0.3) is 0 Å². The smallest absolute Gasteiger partial charge is 0.213 e. The Hall–Kier alpha value is -0.940. The molecule has 0 spiro atoms. The van der Waals surface area contributed by atoms with Crippen molar-refractivity contribution in [1.29, 1.82) is 0 Å². The van der Waals surface area contributed by atoms with Gasteiger partial charge in [0.25, 0.3) is 0 Å². The maximum atomic E-state index is 8.51. The predicted octanol–water partition coefficient (Wildman–Crippen LogP) is -0.0258. The minimum atomic E-state index is 0.270. The summed E-state index contributed by atoms with van der Waals surface area (Å²) in [5.41, 5.74) is 0. The Balaban J connectivity index is 1.90. The first-order valence-electron chi connectivity index (χ1n) is 4.50. The molecule has 0 bridgehead atoms. The molecular weight excluding hydrogens is 170 g/mol. The molecule has 0 fully saturated rings. The molecule has 0 aliphatic carbocycles. The van der Waals surface area contributed by atoms with Gasteiger partial charge in [-0.3, -0.25) is 0 Å². The number of aromatic nitrogens is 2. The summed E-state index contributed by atoms with van der Waals surface area (Å²) < 4.78 is 4.59. The lowest BCUT2D eigenvalue weighted by Crippen LogP contribution is -2.19. The molecule has 2 N–H and O–H groups in total. The molecule has 1 rings (SSSR count). The van der Waals surface area contributed by atoms with Gasteiger partial charge < -0.3 is 14.9 Å². The van der Waals surface area contributed by atoms with Crippen LogP contribution in [-0.4, -0.2) is 34.9 Å². The van der Waals surface area contributed by atoms with Gasteiger partial charge in [-0.15, -0.1) is 0 Å². The minimum absolute atomic E-state index is 0.270. The zero-order valence-electron chi connectivity index (χ0n) is 7.57. The van der Waals surface area contributed by atoms with Gasteiger partial charge >= 0.3 is 0 Å². The molecule has 1 aromatic heterocycles. The fraction of sp³-hybridized carbons (Fsp3) is 0.750. The third kappa shape index (κ3) is 4.59. The summed E-state index contributed by atoms with van der Waals surface area (Å²) in [5.74, 6) is 0.731. The van der Waals surface area contributed by atoms with Gasteiger partial charge in [0.1, 0.15) is 0 Å². The number of rotatable bonds is 7. The molecular formula is C8H15N3O2. The van der Waals surface area contributed by atoms with Gasteiger partial charge in [0.2, 0.25) is 6.39 Å². The summed E-state index contributed by atoms with van der Waals surface area (Å²) in [4.78, 5) is 3.89. The normalized spacial score (nSPS) is 10.5. The fourth-order valence-corrected chi connectivity index (χ4v) is 0.990. The summed E-state index contributed by atoms with van der Waals surface area (Å²) in [6, 6.07) is 0. The highest BCUT2D eigenvalue weighted by Crippen LogP contribution is 1.88. The molecule has 13 heavy (non-hydrogen) atoms. The van der Waals surface area contributed by atoms with Crippen LogP contribution < -0.4 is 5.32 Å². The zero-order valence-corrected chi connectivity index (χ0v) is 7.57. The lowest BCUT2D eigenvalue weighted by atomic mass is 10.3. The van der Waals surface area contributed by atoms with Gasteiger partial charge in [-0.25, -0.2) is 0 Å². The Labute approximate surface area is 77.2 Å². The molecule has 1 aromatic rings. The van der Waals surface area contributed by atoms with Crippen molar-refractivity contribution in [1.82, 2.24) is 15.5 Å². The molecule has 5 heteroatoms. The monoisotopic (exact) mass is 185 g/mol. The molecule has 0 aliphatic rings. The van der Waals surface area contributed by atoms with Crippen molar-refractivity contribution in [2.45, 2.75) is 19.3 Å². The Morgan fingerprint density at radius 2 is 2.31 bits per heavy atom. The standard InChI is InChI=1S/C8H15N3O2/c12-6-2-1-4-9-5-3-8-10-7-13-11-8/h7,9,12H,1-6H2. The van der Waals surface area contributed by atoms with Crippen LogP contribution in [0.4, 0.5) is 0 Å². The van der Waals surface area contributed by atoms with Gasteiger partial charge in [-0.2, -0.15) is 4.98 Å². The highest BCUT2D eigenvalue weighted by atomic mass is 16.5. The SMILES string of the molecule is OCCCCNCCc1ncon1. The van der Waals surface area contributed by atoms with E-state index in [0.717, 1.165) is 38.2 Å². The summed E-state index contributed by atoms with van der Waals surface area (Å²) in [7, 11) is 0. The number of hydrogen-bond acceptors (Lipinski definition) is 5. The van der Waals surface area contributed by atoms with Crippen molar-refractivity contribution < 1.29 is 9.63 Å². The van der Waals surface area contributed by atoms with Crippen molar-refractivity contribution in [3.8, 4) is 0 Å². The Morgan fingerprint density at radius 3 is 3.00 bits per heavy atom. The average Bonchev–Trinajstić information content (AvgIpc) is 2.63. The number of aliphatic hydroxyl groups excluding tert-OH is 1. The quantitative estimate of drug-likeness (QED) is 0.584. The van der Waals surface area contributed by atoms with Crippen LogP contribution in [0.3, 0.4) is 0 Å². The highest BCUT2D eigenvalue weighted by Gasteiger charge is 1.96. The van der Waals surface area contributed by atoms with Gasteiger partial charge in [0, 0.05) is 19.6 Å². The van der Waals surface area contributed by atoms with E-state index in [9.17, 15) is 0 Å². The van der Waals surface area contributed by atoms with E-state index in [2.05, 4.69) is 20.0 Å². The number of unbranched alkanes of at least 4 members (excludes halogenated alkanes) is 1. The van der Waals surface area contributed by atoms with Crippen molar-refractivity contribution in [3.63, 3.8) is 0 Å². The van der Waals surface area contributed by atoms with E-state index in [4.69, 9.17) is 5.11 Å². The van der Waals surface area contributed by atoms with E-state index in [-0.39, 0.29) is 6.61 Å². The lowest BCUT2D eigenvalue weighted by molar-refractivity contribution is 0.284. The van der Waals surface area contributed by atoms with Crippen LogP contribution in [0.1, 0.15) is 18.7 Å². The van der Waals surface area contributed by atoms with Crippen LogP contribution in [0.15, 0.2) is 10.9 Å². The van der Waals surface area contributed by atoms with Crippen LogP contribution >= 0.6 is 0 Å². The van der Waals surface area contributed by atoms with Crippen LogP contribution in [0, 0.1) is 0 Å². The lowest BCUT2D eigenvalue weighted by Gasteiger charge is -2.00. The van der Waals surface area contributed by atoms with Crippen LogP contribution in [0.2, 0.25) is 0 Å². The van der Waals surface area contributed by atoms with Gasteiger partial charge in [-0.05, 0) is 19.4 Å². The van der Waals surface area contributed by atoms with E-state index < -0.39 is 0 Å². The number of nitrogens with one attached hydrogen (secondary N) is 1. The van der Waals surface area contributed by atoms with Crippen molar-refractivity contribution in [2.24, 2.45) is 0 Å². The number of hydrogen-bond donors (Lipinski definition) is 2. The van der Waals surface area contributed by atoms with Crippen molar-refractivity contribution in [2.75, 3.05) is 19.7 Å². The minimum Gasteiger partial charge on any atom is -0.396 e. The third-order valence-corrected chi connectivity index (χ3v) is 1.69. The Bertz CT molecular complexity index is 201. The van der Waals surface area contributed by atoms with Crippen molar-refractivity contribution >= 4 is 0 Å². The van der Waals surface area contributed by atoms with E-state index >= 15 is 0 Å².